The molecule has 2 rings (SSSR count). The predicted molar refractivity (Wildman–Crippen MR) is 81.0 cm³/mol. The molecule has 0 aliphatic carbocycles. The van der Waals surface area contributed by atoms with Crippen LogP contribution < -0.4 is 4.74 Å². The highest BCUT2D eigenvalue weighted by Crippen LogP contribution is 2.18. The van der Waals surface area contributed by atoms with Crippen molar-refractivity contribution < 1.29 is 4.74 Å². The average Bonchev–Trinajstić information content (AvgIpc) is 2.46. The molecule has 0 aliphatic rings. The van der Waals surface area contributed by atoms with Crippen molar-refractivity contribution in [1.29, 1.82) is 0 Å². The zero-order valence-electron chi connectivity index (χ0n) is 12.7. The van der Waals surface area contributed by atoms with E-state index in [2.05, 4.69) is 61.9 Å². The first-order chi connectivity index (χ1) is 9.58. The Morgan fingerprint density at radius 2 is 1.80 bits per heavy atom. The van der Waals surface area contributed by atoms with Crippen LogP contribution in [0.5, 0.6) is 5.88 Å². The van der Waals surface area contributed by atoms with E-state index in [0.29, 0.717) is 18.4 Å². The molecule has 3 heteroatoms. The molecule has 0 atom stereocenters. The summed E-state index contributed by atoms with van der Waals surface area (Å²) in [5, 5.41) is 0. The summed E-state index contributed by atoms with van der Waals surface area (Å²) >= 11 is 0. The number of benzene rings is 1. The third kappa shape index (κ3) is 3.80. The molecule has 106 valence electrons. The molecule has 0 fully saturated rings. The van der Waals surface area contributed by atoms with Gasteiger partial charge >= 0.3 is 0 Å². The van der Waals surface area contributed by atoms with Crippen molar-refractivity contribution in [2.24, 2.45) is 0 Å². The standard InChI is InChI=1S/C17H22N2O/c1-5-16-18-15(12(2)3)10-17(19-16)20-11-14-8-6-13(4)7-9-14/h6-10,12H,5,11H2,1-4H3. The second-order valence-corrected chi connectivity index (χ2v) is 5.33. The van der Waals surface area contributed by atoms with Crippen molar-refractivity contribution in [2.45, 2.75) is 46.6 Å². The van der Waals surface area contributed by atoms with E-state index in [1.165, 1.54) is 5.56 Å². The molecule has 3 nitrogen and oxygen atoms in total. The quantitative estimate of drug-likeness (QED) is 0.822. The topological polar surface area (TPSA) is 35.0 Å². The SMILES string of the molecule is CCc1nc(OCc2ccc(C)cc2)cc(C(C)C)n1. The molecule has 20 heavy (non-hydrogen) atoms. The molecule has 1 aromatic heterocycles. The van der Waals surface area contributed by atoms with Crippen LogP contribution in [0.2, 0.25) is 0 Å². The summed E-state index contributed by atoms with van der Waals surface area (Å²) in [5.74, 6) is 1.89. The average molecular weight is 270 g/mol. The molecular formula is C17H22N2O. The van der Waals surface area contributed by atoms with Gasteiger partial charge in [-0.25, -0.2) is 4.98 Å². The highest BCUT2D eigenvalue weighted by Gasteiger charge is 2.08. The smallest absolute Gasteiger partial charge is 0.217 e. The lowest BCUT2D eigenvalue weighted by atomic mass is 10.1. The van der Waals surface area contributed by atoms with E-state index in [4.69, 9.17) is 4.74 Å². The lowest BCUT2D eigenvalue weighted by Gasteiger charge is -2.11. The Balaban J connectivity index is 2.12. The Labute approximate surface area is 121 Å². The van der Waals surface area contributed by atoms with Crippen molar-refractivity contribution >= 4 is 0 Å². The zero-order chi connectivity index (χ0) is 14.5. The first-order valence-electron chi connectivity index (χ1n) is 7.14. The van der Waals surface area contributed by atoms with E-state index >= 15 is 0 Å². The minimum Gasteiger partial charge on any atom is -0.473 e. The number of hydrogen-bond donors (Lipinski definition) is 0. The van der Waals surface area contributed by atoms with Crippen LogP contribution in [0.4, 0.5) is 0 Å². The monoisotopic (exact) mass is 270 g/mol. The molecule has 2 aromatic rings. The van der Waals surface area contributed by atoms with Crippen LogP contribution in [-0.2, 0) is 13.0 Å². The lowest BCUT2D eigenvalue weighted by molar-refractivity contribution is 0.291. The maximum Gasteiger partial charge on any atom is 0.217 e. The van der Waals surface area contributed by atoms with E-state index < -0.39 is 0 Å². The molecule has 0 aliphatic heterocycles. The molecule has 1 aromatic carbocycles. The minimum absolute atomic E-state index is 0.380. The van der Waals surface area contributed by atoms with Crippen molar-refractivity contribution in [3.8, 4) is 5.88 Å². The van der Waals surface area contributed by atoms with Gasteiger partial charge in [0.15, 0.2) is 0 Å². The van der Waals surface area contributed by atoms with Crippen LogP contribution in [0.15, 0.2) is 30.3 Å². The van der Waals surface area contributed by atoms with E-state index in [0.717, 1.165) is 23.5 Å². The number of aromatic nitrogens is 2. The third-order valence-corrected chi connectivity index (χ3v) is 3.18. The Morgan fingerprint density at radius 1 is 1.10 bits per heavy atom. The molecule has 0 unspecified atom stereocenters. The van der Waals surface area contributed by atoms with Crippen LogP contribution in [0.25, 0.3) is 0 Å². The van der Waals surface area contributed by atoms with Gasteiger partial charge in [-0.3, -0.25) is 0 Å². The number of nitrogens with zero attached hydrogens (tertiary/aromatic N) is 2. The third-order valence-electron chi connectivity index (χ3n) is 3.18. The largest absolute Gasteiger partial charge is 0.473 e. The van der Waals surface area contributed by atoms with Crippen LogP contribution in [0.1, 0.15) is 49.3 Å². The van der Waals surface area contributed by atoms with Crippen molar-refractivity contribution in [3.05, 3.63) is 53.0 Å². The summed E-state index contributed by atoms with van der Waals surface area (Å²) in [7, 11) is 0. The molecule has 0 spiro atoms. The van der Waals surface area contributed by atoms with E-state index in [9.17, 15) is 0 Å². The first kappa shape index (κ1) is 14.5. The Bertz CT molecular complexity index is 562. The van der Waals surface area contributed by atoms with Gasteiger partial charge in [0.05, 0.1) is 5.69 Å². The van der Waals surface area contributed by atoms with Gasteiger partial charge in [0.1, 0.15) is 12.4 Å². The maximum absolute atomic E-state index is 5.81. The minimum atomic E-state index is 0.380. The summed E-state index contributed by atoms with van der Waals surface area (Å²) in [6, 6.07) is 10.3. The van der Waals surface area contributed by atoms with Crippen LogP contribution in [0.3, 0.4) is 0 Å². The van der Waals surface area contributed by atoms with E-state index in [1.54, 1.807) is 0 Å². The molecule has 0 N–H and O–H groups in total. The summed E-state index contributed by atoms with van der Waals surface area (Å²) in [5.41, 5.74) is 3.44. The molecular weight excluding hydrogens is 248 g/mol. The molecule has 0 amide bonds. The van der Waals surface area contributed by atoms with Crippen molar-refractivity contribution in [3.63, 3.8) is 0 Å². The fourth-order valence-electron chi connectivity index (χ4n) is 1.86. The normalized spacial score (nSPS) is 10.8. The molecule has 0 bridgehead atoms. The van der Waals surface area contributed by atoms with Gasteiger partial charge in [-0.05, 0) is 18.4 Å². The number of hydrogen-bond acceptors (Lipinski definition) is 3. The van der Waals surface area contributed by atoms with Gasteiger partial charge in [0, 0.05) is 12.5 Å². The fourth-order valence-corrected chi connectivity index (χ4v) is 1.86. The van der Waals surface area contributed by atoms with Gasteiger partial charge in [0.25, 0.3) is 0 Å². The lowest BCUT2D eigenvalue weighted by Crippen LogP contribution is -2.04. The fraction of sp³-hybridized carbons (Fsp3) is 0.412. The first-order valence-corrected chi connectivity index (χ1v) is 7.14. The maximum atomic E-state index is 5.81. The second-order valence-electron chi connectivity index (χ2n) is 5.33. The van der Waals surface area contributed by atoms with E-state index in [1.807, 2.05) is 6.07 Å². The van der Waals surface area contributed by atoms with Crippen molar-refractivity contribution in [2.75, 3.05) is 0 Å². The molecule has 0 saturated heterocycles. The molecule has 0 radical (unpaired) electrons. The Morgan fingerprint density at radius 3 is 2.40 bits per heavy atom. The van der Waals surface area contributed by atoms with Crippen molar-refractivity contribution in [1.82, 2.24) is 9.97 Å². The van der Waals surface area contributed by atoms with Gasteiger partial charge in [-0.2, -0.15) is 4.98 Å². The highest BCUT2D eigenvalue weighted by atomic mass is 16.5. The summed E-state index contributed by atoms with van der Waals surface area (Å²) in [4.78, 5) is 8.96. The van der Waals surface area contributed by atoms with Gasteiger partial charge in [-0.15, -0.1) is 0 Å². The number of ether oxygens (including phenoxy) is 1. The Kier molecular flexibility index (Phi) is 4.72. The predicted octanol–water partition coefficient (Wildman–Crippen LogP) is 4.05. The summed E-state index contributed by atoms with van der Waals surface area (Å²) in [6.07, 6.45) is 0.821. The zero-order valence-corrected chi connectivity index (χ0v) is 12.7. The highest BCUT2D eigenvalue weighted by molar-refractivity contribution is 5.22. The van der Waals surface area contributed by atoms with E-state index in [-0.39, 0.29) is 0 Å². The van der Waals surface area contributed by atoms with Gasteiger partial charge in [0.2, 0.25) is 5.88 Å². The summed E-state index contributed by atoms with van der Waals surface area (Å²) in [6.45, 7) is 8.94. The van der Waals surface area contributed by atoms with Gasteiger partial charge in [-0.1, -0.05) is 50.6 Å². The number of rotatable bonds is 5. The van der Waals surface area contributed by atoms with Crippen LogP contribution >= 0.6 is 0 Å². The number of aryl methyl sites for hydroxylation is 2. The van der Waals surface area contributed by atoms with Crippen LogP contribution in [0, 0.1) is 6.92 Å². The molecule has 0 saturated carbocycles. The summed E-state index contributed by atoms with van der Waals surface area (Å²) < 4.78 is 5.81. The van der Waals surface area contributed by atoms with Crippen LogP contribution in [-0.4, -0.2) is 9.97 Å². The van der Waals surface area contributed by atoms with Gasteiger partial charge < -0.3 is 4.74 Å². The molecule has 1 heterocycles. The Hall–Kier alpha value is -1.90. The second kappa shape index (κ2) is 6.51.